The maximum Gasteiger partial charge on any atom is 0.227 e. The molecule has 0 radical (unpaired) electrons. The number of rotatable bonds is 22. The molecule has 0 aliphatic rings. The summed E-state index contributed by atoms with van der Waals surface area (Å²) in [6.45, 7) is 11.9. The lowest BCUT2D eigenvalue weighted by Crippen LogP contribution is -2.25. The quantitative estimate of drug-likeness (QED) is 0.136. The number of benzene rings is 2. The van der Waals surface area contributed by atoms with Crippen LogP contribution in [0.3, 0.4) is 0 Å². The van der Waals surface area contributed by atoms with Gasteiger partial charge in [0, 0.05) is 11.6 Å². The Morgan fingerprint density at radius 1 is 0.786 bits per heavy atom. The minimum atomic E-state index is -0.115. The number of amides is 1. The molecule has 236 valence electrons. The van der Waals surface area contributed by atoms with Crippen molar-refractivity contribution in [3.8, 4) is 11.5 Å². The van der Waals surface area contributed by atoms with E-state index in [2.05, 4.69) is 52.1 Å². The Bertz CT molecular complexity index is 996. The Morgan fingerprint density at radius 3 is 2.00 bits per heavy atom. The zero-order valence-electron chi connectivity index (χ0n) is 27.3. The second kappa shape index (κ2) is 20.4. The zero-order valence-corrected chi connectivity index (χ0v) is 27.3. The first-order valence-corrected chi connectivity index (χ1v) is 16.7. The van der Waals surface area contributed by atoms with E-state index in [-0.39, 0.29) is 30.5 Å². The van der Waals surface area contributed by atoms with Gasteiger partial charge in [0.25, 0.3) is 0 Å². The van der Waals surface area contributed by atoms with Crippen LogP contribution in [0.1, 0.15) is 129 Å². The van der Waals surface area contributed by atoms with E-state index in [1.807, 2.05) is 30.3 Å². The highest BCUT2D eigenvalue weighted by molar-refractivity contribution is 5.92. The molecule has 5 heteroatoms. The molecule has 2 rings (SSSR count). The molecule has 1 unspecified atom stereocenters. The molecule has 0 aromatic heterocycles. The van der Waals surface area contributed by atoms with Gasteiger partial charge in [-0.2, -0.15) is 0 Å². The fourth-order valence-electron chi connectivity index (χ4n) is 5.27. The number of unbranched alkanes of at least 4 members (excludes halogenated alkanes) is 10. The van der Waals surface area contributed by atoms with Crippen LogP contribution in [0.4, 0.5) is 5.69 Å². The molecule has 2 aromatic carbocycles. The van der Waals surface area contributed by atoms with Crippen LogP contribution in [0.25, 0.3) is 0 Å². The van der Waals surface area contributed by atoms with Crippen molar-refractivity contribution in [2.45, 2.75) is 130 Å². The number of carbonyl (C=O) groups excluding carboxylic acids is 1. The molecule has 2 aromatic rings. The van der Waals surface area contributed by atoms with Crippen molar-refractivity contribution in [2.75, 3.05) is 25.1 Å². The van der Waals surface area contributed by atoms with Gasteiger partial charge in [-0.05, 0) is 66.1 Å². The molecular weight excluding hydrogens is 522 g/mol. The second-order valence-electron chi connectivity index (χ2n) is 12.7. The zero-order chi connectivity index (χ0) is 30.6. The molecule has 0 aliphatic carbocycles. The molecule has 1 amide bonds. The lowest BCUT2D eigenvalue weighted by Gasteiger charge is -2.24. The molecule has 2 N–H and O–H groups in total. The minimum absolute atomic E-state index is 0.0156. The van der Waals surface area contributed by atoms with Gasteiger partial charge in [-0.25, -0.2) is 0 Å². The van der Waals surface area contributed by atoms with Gasteiger partial charge in [0.2, 0.25) is 5.91 Å². The Morgan fingerprint density at radius 2 is 1.40 bits per heavy atom. The molecule has 0 saturated carbocycles. The standard InChI is InChI=1S/C37H59NO4/c1-6-8-10-11-12-13-14-15-16-17-18-31(36(40)38-32-20-22-33(23-21-32)41-26-9-7-2)28-30-19-24-35(42-27-25-39)34(29-30)37(3,4)5/h19-24,29,31,39H,6-18,25-28H2,1-5H3,(H,38,40). The monoisotopic (exact) mass is 581 g/mol. The van der Waals surface area contributed by atoms with Crippen LogP contribution in [0, 0.1) is 5.92 Å². The third-order valence-corrected chi connectivity index (χ3v) is 7.85. The number of nitrogens with one attached hydrogen (secondary N) is 1. The van der Waals surface area contributed by atoms with Crippen molar-refractivity contribution in [3.05, 3.63) is 53.6 Å². The molecule has 42 heavy (non-hydrogen) atoms. The molecule has 0 saturated heterocycles. The molecule has 5 nitrogen and oxygen atoms in total. The maximum absolute atomic E-state index is 13.6. The summed E-state index contributed by atoms with van der Waals surface area (Å²) in [5.41, 5.74) is 2.93. The third kappa shape index (κ3) is 14.1. The lowest BCUT2D eigenvalue weighted by atomic mass is 9.83. The van der Waals surface area contributed by atoms with E-state index in [4.69, 9.17) is 9.47 Å². The van der Waals surface area contributed by atoms with Gasteiger partial charge >= 0.3 is 0 Å². The summed E-state index contributed by atoms with van der Waals surface area (Å²) in [4.78, 5) is 13.6. The van der Waals surface area contributed by atoms with Crippen molar-refractivity contribution in [2.24, 2.45) is 5.92 Å². The van der Waals surface area contributed by atoms with Gasteiger partial charge in [-0.3, -0.25) is 4.79 Å². The number of aliphatic hydroxyl groups excluding tert-OH is 1. The van der Waals surface area contributed by atoms with Gasteiger partial charge in [0.1, 0.15) is 18.1 Å². The SMILES string of the molecule is CCCCCCCCCCCCC(Cc1ccc(OCCO)c(C(C)(C)C)c1)C(=O)Nc1ccc(OCCCC)cc1. The highest BCUT2D eigenvalue weighted by Crippen LogP contribution is 2.33. The van der Waals surface area contributed by atoms with Crippen molar-refractivity contribution in [1.82, 2.24) is 0 Å². The Hall–Kier alpha value is -2.53. The fourth-order valence-corrected chi connectivity index (χ4v) is 5.27. The van der Waals surface area contributed by atoms with E-state index >= 15 is 0 Å². The average molecular weight is 582 g/mol. The summed E-state index contributed by atoms with van der Waals surface area (Å²) in [6, 6.07) is 14.0. The first kappa shape index (κ1) is 35.7. The van der Waals surface area contributed by atoms with Gasteiger partial charge in [-0.15, -0.1) is 0 Å². The number of ether oxygens (including phenoxy) is 2. The van der Waals surface area contributed by atoms with Crippen molar-refractivity contribution >= 4 is 11.6 Å². The number of anilines is 1. The van der Waals surface area contributed by atoms with Crippen LogP contribution in [-0.4, -0.2) is 30.8 Å². The van der Waals surface area contributed by atoms with Gasteiger partial charge in [0.15, 0.2) is 0 Å². The molecule has 0 bridgehead atoms. The van der Waals surface area contributed by atoms with Crippen LogP contribution in [0.5, 0.6) is 11.5 Å². The number of aliphatic hydroxyl groups is 1. The topological polar surface area (TPSA) is 67.8 Å². The van der Waals surface area contributed by atoms with Crippen LogP contribution < -0.4 is 14.8 Å². The summed E-state index contributed by atoms with van der Waals surface area (Å²) in [6.07, 6.45) is 16.5. The van der Waals surface area contributed by atoms with Crippen molar-refractivity contribution < 1.29 is 19.4 Å². The van der Waals surface area contributed by atoms with Crippen molar-refractivity contribution in [1.29, 1.82) is 0 Å². The smallest absolute Gasteiger partial charge is 0.227 e. The summed E-state index contributed by atoms with van der Waals surface area (Å²) < 4.78 is 11.6. The Kier molecular flexibility index (Phi) is 17.3. The Balaban J connectivity index is 2.05. The van der Waals surface area contributed by atoms with E-state index < -0.39 is 0 Å². The highest BCUT2D eigenvalue weighted by Gasteiger charge is 2.23. The third-order valence-electron chi connectivity index (χ3n) is 7.85. The van der Waals surface area contributed by atoms with E-state index in [0.29, 0.717) is 13.0 Å². The number of hydrogen-bond donors (Lipinski definition) is 2. The maximum atomic E-state index is 13.6. The molecule has 0 fully saturated rings. The predicted molar refractivity (Wildman–Crippen MR) is 177 cm³/mol. The van der Waals surface area contributed by atoms with E-state index in [0.717, 1.165) is 54.0 Å². The first-order chi connectivity index (χ1) is 20.3. The molecule has 0 spiro atoms. The number of hydrogen-bond acceptors (Lipinski definition) is 4. The van der Waals surface area contributed by atoms with Crippen LogP contribution >= 0.6 is 0 Å². The minimum Gasteiger partial charge on any atom is -0.494 e. The summed E-state index contributed by atoms with van der Waals surface area (Å²) in [5, 5.41) is 12.4. The van der Waals surface area contributed by atoms with Crippen LogP contribution in [0.2, 0.25) is 0 Å². The van der Waals surface area contributed by atoms with E-state index in [1.165, 1.54) is 57.8 Å². The largest absolute Gasteiger partial charge is 0.494 e. The molecule has 1 atom stereocenters. The van der Waals surface area contributed by atoms with Crippen LogP contribution in [0.15, 0.2) is 42.5 Å². The highest BCUT2D eigenvalue weighted by atomic mass is 16.5. The molecule has 0 aliphatic heterocycles. The van der Waals surface area contributed by atoms with Crippen molar-refractivity contribution in [3.63, 3.8) is 0 Å². The normalized spacial score (nSPS) is 12.2. The second-order valence-corrected chi connectivity index (χ2v) is 12.7. The fraction of sp³-hybridized carbons (Fsp3) is 0.649. The first-order valence-electron chi connectivity index (χ1n) is 16.7. The molecular formula is C37H59NO4. The van der Waals surface area contributed by atoms with Gasteiger partial charge in [0.05, 0.1) is 13.2 Å². The lowest BCUT2D eigenvalue weighted by molar-refractivity contribution is -0.120. The van der Waals surface area contributed by atoms with E-state index in [9.17, 15) is 9.90 Å². The predicted octanol–water partition coefficient (Wildman–Crippen LogP) is 9.64. The average Bonchev–Trinajstić information content (AvgIpc) is 2.97. The summed E-state index contributed by atoms with van der Waals surface area (Å²) >= 11 is 0. The summed E-state index contributed by atoms with van der Waals surface area (Å²) in [5.74, 6) is 1.60. The van der Waals surface area contributed by atoms with Gasteiger partial charge < -0.3 is 19.9 Å². The Labute approximate surface area is 256 Å². The summed E-state index contributed by atoms with van der Waals surface area (Å²) in [7, 11) is 0. The molecule has 0 heterocycles. The number of carbonyl (C=O) groups is 1. The van der Waals surface area contributed by atoms with Crippen LogP contribution in [-0.2, 0) is 16.6 Å². The van der Waals surface area contributed by atoms with Gasteiger partial charge in [-0.1, -0.05) is 117 Å². The van der Waals surface area contributed by atoms with E-state index in [1.54, 1.807) is 0 Å².